The van der Waals surface area contributed by atoms with Crippen LogP contribution in [0.3, 0.4) is 0 Å². The number of hydrogen-bond acceptors (Lipinski definition) is 3. The Balaban J connectivity index is 1.40. The van der Waals surface area contributed by atoms with Crippen LogP contribution in [0.15, 0.2) is 60.7 Å². The zero-order valence-corrected chi connectivity index (χ0v) is 31.1. The van der Waals surface area contributed by atoms with Gasteiger partial charge in [0, 0.05) is 30.7 Å². The lowest BCUT2D eigenvalue weighted by atomic mass is 9.59. The first kappa shape index (κ1) is 35.7. The fourth-order valence-electron chi connectivity index (χ4n) is 10.1. The van der Waals surface area contributed by atoms with Gasteiger partial charge in [0.25, 0.3) is 0 Å². The molecule has 0 aromatic heterocycles. The average Bonchev–Trinajstić information content (AvgIpc) is 3.87. The minimum atomic E-state index is 0.258. The molecule has 48 heavy (non-hydrogen) atoms. The molecular weight excluding hydrogens is 587 g/mol. The Labute approximate surface area is 294 Å². The Bertz CT molecular complexity index is 1250. The summed E-state index contributed by atoms with van der Waals surface area (Å²) in [5.74, 6) is 4.19. The summed E-state index contributed by atoms with van der Waals surface area (Å²) in [4.78, 5) is 2.85. The van der Waals surface area contributed by atoms with Gasteiger partial charge in [0.1, 0.15) is 0 Å². The van der Waals surface area contributed by atoms with E-state index in [1.165, 1.54) is 100 Å². The molecule has 0 N–H and O–H groups in total. The Kier molecular flexibility index (Phi) is 12.8. The van der Waals surface area contributed by atoms with Crippen LogP contribution in [0.4, 0.5) is 5.69 Å². The second-order valence-electron chi connectivity index (χ2n) is 16.2. The van der Waals surface area contributed by atoms with Crippen LogP contribution in [0.25, 0.3) is 6.08 Å². The number of nitrogens with zero attached hydrogens (tertiary/aromatic N) is 1. The minimum Gasteiger partial charge on any atom is -0.378 e. The van der Waals surface area contributed by atoms with E-state index in [1.54, 1.807) is 0 Å². The fraction of sp³-hybridized carbons (Fsp3) is 0.689. The zero-order chi connectivity index (χ0) is 33.5. The molecule has 264 valence electrons. The van der Waals surface area contributed by atoms with Gasteiger partial charge in [0.05, 0.1) is 24.3 Å². The van der Waals surface area contributed by atoms with E-state index in [1.807, 2.05) is 0 Å². The first-order chi connectivity index (χ1) is 23.6. The number of rotatable bonds is 17. The average molecular weight is 654 g/mol. The van der Waals surface area contributed by atoms with Gasteiger partial charge in [-0.05, 0) is 99.2 Å². The van der Waals surface area contributed by atoms with Crippen LogP contribution in [-0.2, 0) is 9.47 Å². The van der Waals surface area contributed by atoms with E-state index in [0.717, 1.165) is 25.0 Å². The first-order valence-corrected chi connectivity index (χ1v) is 20.4. The molecular formula is C45H67NO2. The second kappa shape index (κ2) is 17.2. The van der Waals surface area contributed by atoms with E-state index in [2.05, 4.69) is 106 Å². The normalized spacial score (nSPS) is 32.4. The first-order valence-electron chi connectivity index (χ1n) is 20.4. The molecule has 0 spiro atoms. The summed E-state index contributed by atoms with van der Waals surface area (Å²) in [6, 6.07) is 21.6. The zero-order valence-electron chi connectivity index (χ0n) is 31.1. The van der Waals surface area contributed by atoms with Gasteiger partial charge in [0.15, 0.2) is 0 Å². The Morgan fingerprint density at radius 1 is 0.750 bits per heavy atom. The highest BCUT2D eigenvalue weighted by atomic mass is 16.5. The summed E-state index contributed by atoms with van der Waals surface area (Å²) in [6.45, 7) is 13.4. The predicted octanol–water partition coefficient (Wildman–Crippen LogP) is 11.5. The van der Waals surface area contributed by atoms with E-state index < -0.39 is 0 Å². The number of ether oxygens (including phenoxy) is 2. The SMILES string of the molecule is CCCCC(CC)COC1CC2C3CCC(CC3)C3C(C1C(C=Cc1ccccc1)C2OCC(CC)CCCC)N3c1ccc(C)cc1. The van der Waals surface area contributed by atoms with Gasteiger partial charge in [-0.2, -0.15) is 0 Å². The van der Waals surface area contributed by atoms with Crippen molar-refractivity contribution in [1.82, 2.24) is 0 Å². The third-order valence-electron chi connectivity index (χ3n) is 13.2. The molecule has 1 aliphatic heterocycles. The summed E-state index contributed by atoms with van der Waals surface area (Å²) < 4.78 is 14.7. The lowest BCUT2D eigenvalue weighted by Crippen LogP contribution is -2.54. The van der Waals surface area contributed by atoms with Crippen LogP contribution in [0.2, 0.25) is 0 Å². The van der Waals surface area contributed by atoms with Crippen LogP contribution >= 0.6 is 0 Å². The van der Waals surface area contributed by atoms with Gasteiger partial charge < -0.3 is 14.4 Å². The van der Waals surface area contributed by atoms with Crippen molar-refractivity contribution < 1.29 is 9.47 Å². The van der Waals surface area contributed by atoms with Crippen molar-refractivity contribution >= 4 is 11.8 Å². The summed E-state index contributed by atoms with van der Waals surface area (Å²) in [5, 5.41) is 0. The van der Waals surface area contributed by atoms with Crippen LogP contribution in [0, 0.1) is 48.3 Å². The fourth-order valence-corrected chi connectivity index (χ4v) is 10.1. The smallest absolute Gasteiger partial charge is 0.0674 e. The molecule has 3 heteroatoms. The molecule has 9 unspecified atom stereocenters. The molecule has 4 bridgehead atoms. The second-order valence-corrected chi connectivity index (χ2v) is 16.2. The van der Waals surface area contributed by atoms with Gasteiger partial charge in [-0.15, -0.1) is 0 Å². The molecule has 9 atom stereocenters. The van der Waals surface area contributed by atoms with E-state index in [-0.39, 0.29) is 12.2 Å². The molecule has 0 radical (unpaired) electrons. The topological polar surface area (TPSA) is 21.5 Å². The van der Waals surface area contributed by atoms with Crippen molar-refractivity contribution in [2.45, 2.75) is 142 Å². The number of hydrogen-bond donors (Lipinski definition) is 0. The van der Waals surface area contributed by atoms with Gasteiger partial charge in [-0.3, -0.25) is 0 Å². The van der Waals surface area contributed by atoms with Crippen molar-refractivity contribution in [3.63, 3.8) is 0 Å². The maximum Gasteiger partial charge on any atom is 0.0674 e. The molecule has 3 nitrogen and oxygen atoms in total. The van der Waals surface area contributed by atoms with E-state index >= 15 is 0 Å². The maximum atomic E-state index is 7.40. The lowest BCUT2D eigenvalue weighted by molar-refractivity contribution is -0.146. The van der Waals surface area contributed by atoms with Gasteiger partial charge in [0.2, 0.25) is 0 Å². The molecule has 2 aromatic rings. The van der Waals surface area contributed by atoms with Gasteiger partial charge >= 0.3 is 0 Å². The summed E-state index contributed by atoms with van der Waals surface area (Å²) in [5.41, 5.74) is 4.06. The highest BCUT2D eigenvalue weighted by Gasteiger charge is 2.63. The molecule has 2 aromatic carbocycles. The standard InChI is InChI=1S/C45H67NO2/c1-6-10-15-33(8-3)30-47-41-29-40-36-22-24-37(25-23-36)43-44(46(43)38-26-19-32(5)20-27-38)42(41)39(28-21-35-17-13-12-14-18-35)45(40)48-31-34(9-4)16-11-7-2/h12-14,17-21,26-28,33-34,36-37,39-45H,6-11,15-16,22-25,29-31H2,1-5H3. The Hall–Kier alpha value is -2.10. The van der Waals surface area contributed by atoms with Crippen molar-refractivity contribution in [3.05, 3.63) is 71.8 Å². The lowest BCUT2D eigenvalue weighted by Gasteiger charge is -2.51. The van der Waals surface area contributed by atoms with Crippen LogP contribution < -0.4 is 4.90 Å². The highest BCUT2D eigenvalue weighted by Crippen LogP contribution is 2.58. The Morgan fingerprint density at radius 2 is 1.38 bits per heavy atom. The quantitative estimate of drug-likeness (QED) is 0.159. The number of anilines is 1. The molecule has 0 amide bonds. The largest absolute Gasteiger partial charge is 0.378 e. The maximum absolute atomic E-state index is 7.40. The monoisotopic (exact) mass is 654 g/mol. The van der Waals surface area contributed by atoms with E-state index in [9.17, 15) is 0 Å². The summed E-state index contributed by atoms with van der Waals surface area (Å²) in [6.07, 6.45) is 22.4. The molecule has 7 fully saturated rings. The predicted molar refractivity (Wildman–Crippen MR) is 203 cm³/mol. The van der Waals surface area contributed by atoms with Crippen molar-refractivity contribution in [3.8, 4) is 0 Å². The highest BCUT2D eigenvalue weighted by molar-refractivity contribution is 5.59. The van der Waals surface area contributed by atoms with E-state index in [4.69, 9.17) is 9.47 Å². The molecule has 1 heterocycles. The number of unbranched alkanes of at least 4 members (excludes halogenated alkanes) is 2. The molecule has 1 saturated heterocycles. The minimum absolute atomic E-state index is 0.258. The molecule has 9 rings (SSSR count). The number of aryl methyl sites for hydroxylation is 1. The van der Waals surface area contributed by atoms with E-state index in [0.29, 0.717) is 41.7 Å². The van der Waals surface area contributed by atoms with Crippen molar-refractivity contribution in [2.24, 2.45) is 41.4 Å². The summed E-state index contributed by atoms with van der Waals surface area (Å²) in [7, 11) is 0. The third kappa shape index (κ3) is 8.26. The van der Waals surface area contributed by atoms with Crippen LogP contribution in [0.5, 0.6) is 0 Å². The van der Waals surface area contributed by atoms with Crippen LogP contribution in [0.1, 0.15) is 122 Å². The number of benzene rings is 2. The van der Waals surface area contributed by atoms with Gasteiger partial charge in [-0.25, -0.2) is 0 Å². The molecule has 6 aliphatic carbocycles. The Morgan fingerprint density at radius 3 is 2.00 bits per heavy atom. The molecule has 7 aliphatic rings. The molecule has 6 saturated carbocycles. The third-order valence-corrected chi connectivity index (χ3v) is 13.2. The van der Waals surface area contributed by atoms with Crippen molar-refractivity contribution in [1.29, 1.82) is 0 Å². The van der Waals surface area contributed by atoms with Crippen molar-refractivity contribution in [2.75, 3.05) is 18.1 Å². The van der Waals surface area contributed by atoms with Gasteiger partial charge in [-0.1, -0.05) is 126 Å². The summed E-state index contributed by atoms with van der Waals surface area (Å²) >= 11 is 0. The van der Waals surface area contributed by atoms with Crippen LogP contribution in [-0.4, -0.2) is 37.5 Å².